The van der Waals surface area contributed by atoms with Gasteiger partial charge in [0.05, 0.1) is 23.4 Å². The molecule has 0 fully saturated rings. The fraction of sp³-hybridized carbons (Fsp3) is 0.167. The van der Waals surface area contributed by atoms with Gasteiger partial charge in [-0.25, -0.2) is 0 Å². The van der Waals surface area contributed by atoms with E-state index in [0.717, 1.165) is 4.68 Å². The summed E-state index contributed by atoms with van der Waals surface area (Å²) < 4.78 is 6.10. The van der Waals surface area contributed by atoms with E-state index in [4.69, 9.17) is 27.9 Å². The first-order valence-corrected chi connectivity index (χ1v) is 6.42. The van der Waals surface area contributed by atoms with Gasteiger partial charge in [0.15, 0.2) is 10.8 Å². The van der Waals surface area contributed by atoms with Crippen molar-refractivity contribution in [1.29, 1.82) is 0 Å². The molecule has 0 saturated carbocycles. The molecule has 7 nitrogen and oxygen atoms in total. The Morgan fingerprint density at radius 3 is 2.67 bits per heavy atom. The Balaban J connectivity index is 2.20. The van der Waals surface area contributed by atoms with Crippen LogP contribution in [0.5, 0.6) is 5.75 Å². The minimum atomic E-state index is -0.715. The molecule has 2 aromatic rings. The number of Topliss-reactive ketones (excluding diaryl/α,β-unsaturated/α-hetero) is 1. The second-order valence-corrected chi connectivity index (χ2v) is 4.84. The maximum atomic E-state index is 12.1. The van der Waals surface area contributed by atoms with Gasteiger partial charge in [-0.2, -0.15) is 4.68 Å². The summed E-state index contributed by atoms with van der Waals surface area (Å²) in [6, 6.07) is 4.57. The number of benzene rings is 1. The van der Waals surface area contributed by atoms with E-state index in [1.807, 2.05) is 0 Å². The molecular weight excluding hydrogens is 321 g/mol. The van der Waals surface area contributed by atoms with Crippen LogP contribution in [0.15, 0.2) is 24.4 Å². The van der Waals surface area contributed by atoms with Crippen molar-refractivity contribution in [3.63, 3.8) is 0 Å². The predicted octanol–water partition coefficient (Wildman–Crippen LogP) is 2.99. The van der Waals surface area contributed by atoms with Crippen LogP contribution in [0, 0.1) is 10.1 Å². The summed E-state index contributed by atoms with van der Waals surface area (Å²) >= 11 is 11.6. The van der Waals surface area contributed by atoms with E-state index in [9.17, 15) is 14.9 Å². The number of carbonyl (C=O) groups excluding carboxylic acids is 1. The lowest BCUT2D eigenvalue weighted by molar-refractivity contribution is -0.389. The number of ketones is 1. The number of ether oxygens (including phenoxy) is 1. The summed E-state index contributed by atoms with van der Waals surface area (Å²) in [5.74, 6) is -0.350. The summed E-state index contributed by atoms with van der Waals surface area (Å²) in [5, 5.41) is 14.4. The molecule has 0 aliphatic carbocycles. The van der Waals surface area contributed by atoms with Crippen molar-refractivity contribution in [2.24, 2.45) is 0 Å². The number of rotatable bonds is 5. The maximum Gasteiger partial charge on any atom is 0.408 e. The Bertz CT molecular complexity index is 715. The molecule has 0 N–H and O–H groups in total. The average Bonchev–Trinajstić information content (AvgIpc) is 2.79. The summed E-state index contributed by atoms with van der Waals surface area (Å²) in [4.78, 5) is 22.0. The van der Waals surface area contributed by atoms with Crippen LogP contribution < -0.4 is 4.74 Å². The summed E-state index contributed by atoms with van der Waals surface area (Å²) in [7, 11) is 1.47. The lowest BCUT2D eigenvalue weighted by atomic mass is 10.1. The normalized spacial score (nSPS) is 10.4. The van der Waals surface area contributed by atoms with Gasteiger partial charge in [0.2, 0.25) is 0 Å². The van der Waals surface area contributed by atoms with Crippen molar-refractivity contribution < 1.29 is 14.5 Å². The molecule has 2 rings (SSSR count). The maximum absolute atomic E-state index is 12.1. The van der Waals surface area contributed by atoms with Gasteiger partial charge >= 0.3 is 5.82 Å². The van der Waals surface area contributed by atoms with Crippen LogP contribution in [0.25, 0.3) is 0 Å². The molecule has 0 spiro atoms. The van der Waals surface area contributed by atoms with Crippen molar-refractivity contribution in [2.75, 3.05) is 7.11 Å². The van der Waals surface area contributed by atoms with Gasteiger partial charge < -0.3 is 14.9 Å². The number of hydrogen-bond donors (Lipinski definition) is 0. The number of nitrogens with zero attached hydrogens (tertiary/aromatic N) is 3. The topological polar surface area (TPSA) is 87.3 Å². The van der Waals surface area contributed by atoms with Crippen molar-refractivity contribution in [3.05, 3.63) is 50.1 Å². The molecule has 0 amide bonds. The zero-order valence-corrected chi connectivity index (χ0v) is 12.3. The number of nitro groups is 1. The molecule has 0 aliphatic rings. The van der Waals surface area contributed by atoms with E-state index in [1.165, 1.54) is 19.4 Å². The van der Waals surface area contributed by atoms with E-state index in [0.29, 0.717) is 16.3 Å². The Labute approximate surface area is 129 Å². The summed E-state index contributed by atoms with van der Waals surface area (Å²) in [6.07, 6.45) is 1.22. The molecule has 0 atom stereocenters. The Morgan fingerprint density at radius 2 is 2.14 bits per heavy atom. The highest BCUT2D eigenvalue weighted by atomic mass is 35.5. The molecule has 110 valence electrons. The Morgan fingerprint density at radius 1 is 1.43 bits per heavy atom. The number of methoxy groups -OCH3 is 1. The zero-order valence-electron chi connectivity index (χ0n) is 10.7. The van der Waals surface area contributed by atoms with Crippen LogP contribution in [0.3, 0.4) is 0 Å². The molecule has 1 aromatic carbocycles. The largest absolute Gasteiger partial charge is 0.495 e. The third-order valence-electron chi connectivity index (χ3n) is 2.65. The number of aromatic nitrogens is 2. The van der Waals surface area contributed by atoms with Gasteiger partial charge in [-0.1, -0.05) is 23.2 Å². The Kier molecular flexibility index (Phi) is 4.44. The van der Waals surface area contributed by atoms with Crippen LogP contribution >= 0.6 is 23.2 Å². The monoisotopic (exact) mass is 329 g/mol. The molecule has 1 aromatic heterocycles. The van der Waals surface area contributed by atoms with Gasteiger partial charge in [-0.05, 0) is 23.1 Å². The van der Waals surface area contributed by atoms with Crippen LogP contribution in [-0.4, -0.2) is 27.6 Å². The van der Waals surface area contributed by atoms with Crippen molar-refractivity contribution in [3.8, 4) is 5.75 Å². The van der Waals surface area contributed by atoms with Crippen molar-refractivity contribution in [1.82, 2.24) is 9.78 Å². The first kappa shape index (κ1) is 15.3. The van der Waals surface area contributed by atoms with Crippen LogP contribution in [-0.2, 0) is 6.54 Å². The zero-order chi connectivity index (χ0) is 15.6. The fourth-order valence-electron chi connectivity index (χ4n) is 1.67. The van der Waals surface area contributed by atoms with Crippen molar-refractivity contribution >= 4 is 34.8 Å². The SMILES string of the molecule is COc1ccc(C(=O)Cn2cc(Cl)c([N+](=O)[O-])n2)cc1Cl. The second-order valence-electron chi connectivity index (χ2n) is 4.03. The van der Waals surface area contributed by atoms with E-state index in [1.54, 1.807) is 12.1 Å². The van der Waals surface area contributed by atoms with E-state index < -0.39 is 10.7 Å². The highest BCUT2D eigenvalue weighted by Crippen LogP contribution is 2.26. The van der Waals surface area contributed by atoms with Gasteiger partial charge in [-0.3, -0.25) is 4.79 Å². The molecule has 9 heteroatoms. The molecule has 0 unspecified atom stereocenters. The van der Waals surface area contributed by atoms with Crippen LogP contribution in [0.4, 0.5) is 5.82 Å². The van der Waals surface area contributed by atoms with E-state index in [2.05, 4.69) is 5.10 Å². The smallest absolute Gasteiger partial charge is 0.408 e. The van der Waals surface area contributed by atoms with Gasteiger partial charge in [0.25, 0.3) is 0 Å². The summed E-state index contributed by atoms with van der Waals surface area (Å²) in [6.45, 7) is -0.184. The fourth-order valence-corrected chi connectivity index (χ4v) is 2.15. The van der Waals surface area contributed by atoms with Crippen LogP contribution in [0.2, 0.25) is 10.0 Å². The number of hydrogen-bond acceptors (Lipinski definition) is 5. The minimum Gasteiger partial charge on any atom is -0.495 e. The quantitative estimate of drug-likeness (QED) is 0.478. The second kappa shape index (κ2) is 6.11. The lowest BCUT2D eigenvalue weighted by Crippen LogP contribution is -2.11. The van der Waals surface area contributed by atoms with Gasteiger partial charge in [0, 0.05) is 5.56 Å². The van der Waals surface area contributed by atoms with Gasteiger partial charge in [0.1, 0.15) is 12.3 Å². The molecule has 1 heterocycles. The molecule has 21 heavy (non-hydrogen) atoms. The minimum absolute atomic E-state index is 0.124. The third kappa shape index (κ3) is 3.32. The number of halogens is 2. The molecule has 0 saturated heterocycles. The third-order valence-corrected chi connectivity index (χ3v) is 3.21. The highest BCUT2D eigenvalue weighted by Gasteiger charge is 2.21. The lowest BCUT2D eigenvalue weighted by Gasteiger charge is -2.04. The standard InChI is InChI=1S/C12H9Cl2N3O4/c1-21-11-3-2-7(4-8(11)13)10(18)6-16-5-9(14)12(15-16)17(19)20/h2-5H,6H2,1H3. The van der Waals surface area contributed by atoms with Crippen molar-refractivity contribution in [2.45, 2.75) is 6.54 Å². The van der Waals surface area contributed by atoms with Crippen LogP contribution in [0.1, 0.15) is 10.4 Å². The average molecular weight is 330 g/mol. The Hall–Kier alpha value is -2.12. The molecule has 0 aliphatic heterocycles. The first-order valence-electron chi connectivity index (χ1n) is 5.66. The highest BCUT2D eigenvalue weighted by molar-refractivity contribution is 6.32. The molecule has 0 bridgehead atoms. The first-order chi connectivity index (χ1) is 9.92. The molecule has 0 radical (unpaired) electrons. The number of carbonyl (C=O) groups is 1. The summed E-state index contributed by atoms with van der Waals surface area (Å²) in [5.41, 5.74) is 0.343. The molecular formula is C12H9Cl2N3O4. The van der Waals surface area contributed by atoms with Gasteiger partial charge in [-0.15, -0.1) is 0 Å². The predicted molar refractivity (Wildman–Crippen MR) is 76.2 cm³/mol. The van der Waals surface area contributed by atoms with E-state index >= 15 is 0 Å². The van der Waals surface area contributed by atoms with E-state index in [-0.39, 0.29) is 17.4 Å².